The molecule has 2 aromatic carbocycles. The van der Waals surface area contributed by atoms with Crippen LogP contribution in [0.2, 0.25) is 15.1 Å². The Balaban J connectivity index is 0.000000219. The van der Waals surface area contributed by atoms with Crippen molar-refractivity contribution >= 4 is 51.8 Å². The van der Waals surface area contributed by atoms with Gasteiger partial charge in [-0.25, -0.2) is 9.67 Å². The maximum atomic E-state index is 12.7. The van der Waals surface area contributed by atoms with Gasteiger partial charge in [-0.05, 0) is 60.4 Å². The van der Waals surface area contributed by atoms with Gasteiger partial charge in [-0.1, -0.05) is 60.8 Å². The number of benzene rings is 2. The van der Waals surface area contributed by atoms with Crippen LogP contribution in [0.4, 0.5) is 32.2 Å². The van der Waals surface area contributed by atoms with E-state index in [1.54, 1.807) is 11.0 Å². The van der Waals surface area contributed by atoms with Crippen molar-refractivity contribution in [3.05, 3.63) is 80.9 Å². The summed E-state index contributed by atoms with van der Waals surface area (Å²) >= 11 is 13.7. The molecule has 5 rings (SSSR count). The lowest BCUT2D eigenvalue weighted by Gasteiger charge is -2.40. The summed E-state index contributed by atoms with van der Waals surface area (Å²) in [4.78, 5) is 2.84. The number of rotatable bonds is 6. The molecule has 0 bridgehead atoms. The Hall–Kier alpha value is -3.20. The number of anilines is 1. The molecule has 3 unspecified atom stereocenters. The van der Waals surface area contributed by atoms with Crippen LogP contribution in [0.5, 0.6) is 0 Å². The van der Waals surface area contributed by atoms with Crippen LogP contribution in [0.25, 0.3) is 5.69 Å². The summed E-state index contributed by atoms with van der Waals surface area (Å²) in [6.45, 7) is 4.77. The first-order valence-electron chi connectivity index (χ1n) is 13.8. The highest BCUT2D eigenvalue weighted by molar-refractivity contribution is 7.92. The van der Waals surface area contributed by atoms with Crippen molar-refractivity contribution in [3.8, 4) is 11.8 Å². The largest absolute Gasteiger partial charge is 0.604 e. The molecule has 0 spiro atoms. The van der Waals surface area contributed by atoms with Crippen LogP contribution >= 0.6 is 34.8 Å². The van der Waals surface area contributed by atoms with Crippen LogP contribution in [-0.2, 0) is 30.3 Å². The quantitative estimate of drug-likeness (QED) is 0.152. The molecule has 3 N–H and O–H groups in total. The number of nitrogen functional groups attached to an aromatic ring is 1. The van der Waals surface area contributed by atoms with Crippen molar-refractivity contribution < 1.29 is 36.0 Å². The molecule has 2 heterocycles. The van der Waals surface area contributed by atoms with E-state index in [-0.39, 0.29) is 11.3 Å². The molecule has 0 amide bonds. The summed E-state index contributed by atoms with van der Waals surface area (Å²) in [5.74, 6) is -0.700. The number of alkyl halides is 6. The molecular weight excluding hydrogens is 731 g/mol. The third-order valence-corrected chi connectivity index (χ3v) is 10.2. The topological polar surface area (TPSA) is 142 Å². The number of halogens is 9. The fraction of sp³-hybridized carbons (Fsp3) is 0.379. The first-order valence-corrected chi connectivity index (χ1v) is 16.1. The molecule has 2 aromatic heterocycles. The number of nitriles is 1. The third kappa shape index (κ3) is 7.82. The highest BCUT2D eigenvalue weighted by Gasteiger charge is 2.54. The fourth-order valence-electron chi connectivity index (χ4n) is 5.51. The van der Waals surface area contributed by atoms with Crippen LogP contribution in [0, 0.1) is 22.7 Å². The van der Waals surface area contributed by atoms with E-state index >= 15 is 0 Å². The average Bonchev–Trinajstić information content (AvgIpc) is 3.66. The molecule has 4 aromatic rings. The number of nitrogens with zero attached hydrogens (tertiary/aromatic N) is 6. The van der Waals surface area contributed by atoms with E-state index in [9.17, 15) is 36.0 Å². The van der Waals surface area contributed by atoms with Gasteiger partial charge in [-0.3, -0.25) is 4.68 Å². The zero-order valence-corrected chi connectivity index (χ0v) is 28.0. The van der Waals surface area contributed by atoms with Crippen LogP contribution < -0.4 is 5.73 Å². The van der Waals surface area contributed by atoms with Gasteiger partial charge < -0.3 is 15.4 Å². The SMILES string of the molecule is CC1(C)CCC(Cc2ccc(Cl)cc2)C1(O)Cn1cncn1.N#Cc1nn(-c2c(Cl)cc(C(F)(F)F)cc2Cl)c(N)c1[S+]([O-])C(F)(F)F. The van der Waals surface area contributed by atoms with E-state index in [1.807, 2.05) is 24.3 Å². The van der Waals surface area contributed by atoms with Crippen LogP contribution in [-0.4, -0.2) is 45.3 Å². The van der Waals surface area contributed by atoms with Gasteiger partial charge in [0.05, 0.1) is 27.8 Å². The first-order chi connectivity index (χ1) is 22.2. The maximum Gasteiger partial charge on any atom is 0.578 e. The fourth-order valence-corrected chi connectivity index (χ4v) is 7.06. The lowest BCUT2D eigenvalue weighted by Crippen LogP contribution is -2.49. The number of hydrogen-bond acceptors (Lipinski definition) is 7. The summed E-state index contributed by atoms with van der Waals surface area (Å²) in [7, 11) is 0. The number of hydrogen-bond donors (Lipinski definition) is 2. The average molecular weight is 757 g/mol. The maximum absolute atomic E-state index is 12.7. The van der Waals surface area contributed by atoms with Crippen LogP contribution in [0.3, 0.4) is 0 Å². The van der Waals surface area contributed by atoms with Gasteiger partial charge in [-0.2, -0.15) is 23.5 Å². The molecule has 48 heavy (non-hydrogen) atoms. The van der Waals surface area contributed by atoms with Crippen LogP contribution in [0.15, 0.2) is 53.9 Å². The van der Waals surface area contributed by atoms with Gasteiger partial charge in [0.2, 0.25) is 10.6 Å². The molecule has 1 fully saturated rings. The highest BCUT2D eigenvalue weighted by Crippen LogP contribution is 2.51. The lowest BCUT2D eigenvalue weighted by atomic mass is 9.72. The summed E-state index contributed by atoms with van der Waals surface area (Å²) in [5.41, 5.74) is -2.14. The van der Waals surface area contributed by atoms with E-state index < -0.39 is 66.2 Å². The molecule has 0 saturated heterocycles. The third-order valence-electron chi connectivity index (χ3n) is 8.16. The Morgan fingerprint density at radius 3 is 2.21 bits per heavy atom. The molecule has 19 heteroatoms. The molecule has 0 aliphatic heterocycles. The highest BCUT2D eigenvalue weighted by atomic mass is 35.5. The lowest BCUT2D eigenvalue weighted by molar-refractivity contribution is -0.137. The van der Waals surface area contributed by atoms with Crippen molar-refractivity contribution in [1.29, 1.82) is 5.26 Å². The van der Waals surface area contributed by atoms with Gasteiger partial charge >= 0.3 is 11.7 Å². The predicted molar refractivity (Wildman–Crippen MR) is 167 cm³/mol. The Bertz CT molecular complexity index is 1770. The molecule has 1 aliphatic rings. The van der Waals surface area contributed by atoms with Crippen molar-refractivity contribution in [3.63, 3.8) is 0 Å². The van der Waals surface area contributed by atoms with Crippen LogP contribution in [0.1, 0.15) is 43.5 Å². The Morgan fingerprint density at radius 1 is 1.10 bits per heavy atom. The molecule has 3 atom stereocenters. The molecule has 9 nitrogen and oxygen atoms in total. The van der Waals surface area contributed by atoms with E-state index in [1.165, 1.54) is 18.0 Å². The van der Waals surface area contributed by atoms with Crippen molar-refractivity contribution in [2.75, 3.05) is 5.73 Å². The summed E-state index contributed by atoms with van der Waals surface area (Å²) in [6, 6.07) is 10.1. The number of aliphatic hydroxyl groups is 1. The standard InChI is InChI=1S/C17H22ClN3O.C12H4Cl2F6N4OS/c1-16(2)8-7-14(9-13-3-5-15(18)6-4-13)17(16,22)10-21-12-19-11-20-21;13-5-1-4(11(15,16)17)2-6(14)8(5)24-10(22)9(7(3-21)23-24)26(25)12(18,19)20/h3-6,11-12,14,22H,7-10H2,1-2H3;1-2H,22H2. The molecule has 1 saturated carbocycles. The molecule has 1 aliphatic carbocycles. The van der Waals surface area contributed by atoms with Crippen molar-refractivity contribution in [2.45, 2.75) is 61.8 Å². The van der Waals surface area contributed by atoms with Crippen molar-refractivity contribution in [2.24, 2.45) is 11.3 Å². The zero-order valence-electron chi connectivity index (χ0n) is 25.0. The molecule has 258 valence electrons. The van der Waals surface area contributed by atoms with Gasteiger partial charge in [0.15, 0.2) is 5.82 Å². The van der Waals surface area contributed by atoms with E-state index in [0.717, 1.165) is 24.3 Å². The summed E-state index contributed by atoms with van der Waals surface area (Å²) in [5, 5.41) is 27.4. The van der Waals surface area contributed by atoms with Gasteiger partial charge in [0.25, 0.3) is 0 Å². The minimum atomic E-state index is -5.25. The second kappa shape index (κ2) is 14.0. The van der Waals surface area contributed by atoms with E-state index in [2.05, 4.69) is 29.0 Å². The van der Waals surface area contributed by atoms with Crippen molar-refractivity contribution in [1.82, 2.24) is 24.5 Å². The Kier molecular flexibility index (Phi) is 10.9. The monoisotopic (exact) mass is 755 g/mol. The van der Waals surface area contributed by atoms with Gasteiger partial charge in [0.1, 0.15) is 35.6 Å². The Labute approximate surface area is 288 Å². The smallest absolute Gasteiger partial charge is 0.578 e. The number of nitrogens with two attached hydrogens (primary N) is 1. The minimum absolute atomic E-state index is 0.143. The molecular formula is C29H26Cl3F6N7O2S. The normalized spacial score (nSPS) is 19.8. The second-order valence-corrected chi connectivity index (χ2v) is 14.2. The van der Waals surface area contributed by atoms with Gasteiger partial charge in [-0.15, -0.1) is 18.3 Å². The van der Waals surface area contributed by atoms with Gasteiger partial charge in [0, 0.05) is 5.02 Å². The minimum Gasteiger partial charge on any atom is -0.604 e. The summed E-state index contributed by atoms with van der Waals surface area (Å²) in [6.07, 6.45) is 1.27. The predicted octanol–water partition coefficient (Wildman–Crippen LogP) is 7.62. The zero-order chi connectivity index (χ0) is 35.8. The molecule has 0 radical (unpaired) electrons. The second-order valence-electron chi connectivity index (χ2n) is 11.6. The van der Waals surface area contributed by atoms with E-state index in [4.69, 9.17) is 45.8 Å². The first kappa shape index (κ1) is 37.6. The number of aromatic nitrogens is 5. The Morgan fingerprint density at radius 2 is 1.71 bits per heavy atom. The van der Waals surface area contributed by atoms with E-state index in [0.29, 0.717) is 23.4 Å². The summed E-state index contributed by atoms with van der Waals surface area (Å²) < 4.78 is 90.1.